The summed E-state index contributed by atoms with van der Waals surface area (Å²) in [5.74, 6) is 1.04. The van der Waals surface area contributed by atoms with E-state index in [0.717, 1.165) is 37.4 Å². The van der Waals surface area contributed by atoms with Crippen molar-refractivity contribution < 1.29 is 4.74 Å². The second-order valence-corrected chi connectivity index (χ2v) is 6.65. The van der Waals surface area contributed by atoms with Crippen molar-refractivity contribution in [2.75, 3.05) is 20.2 Å². The lowest BCUT2D eigenvalue weighted by Crippen LogP contribution is -2.17. The van der Waals surface area contributed by atoms with E-state index in [0.29, 0.717) is 10.0 Å². The van der Waals surface area contributed by atoms with Crippen LogP contribution in [0.4, 0.5) is 0 Å². The summed E-state index contributed by atoms with van der Waals surface area (Å²) in [6.45, 7) is 2.57. The van der Waals surface area contributed by atoms with Crippen LogP contribution < -0.4 is 4.74 Å². The van der Waals surface area contributed by atoms with Gasteiger partial charge in [0.15, 0.2) is 0 Å². The van der Waals surface area contributed by atoms with Crippen LogP contribution in [-0.4, -0.2) is 25.1 Å². The molecule has 0 saturated carbocycles. The zero-order valence-corrected chi connectivity index (χ0v) is 15.8. The SMILES string of the molecule is CN(C/C=C/c1ccc(Cl)cc1Cl)Cc1ccc2c(c1)CCO2.Cl. The molecule has 2 nitrogen and oxygen atoms in total. The maximum atomic E-state index is 6.17. The fourth-order valence-corrected chi connectivity index (χ4v) is 3.18. The van der Waals surface area contributed by atoms with Crippen LogP contribution >= 0.6 is 35.6 Å². The smallest absolute Gasteiger partial charge is 0.122 e. The molecule has 0 N–H and O–H groups in total. The van der Waals surface area contributed by atoms with Crippen molar-refractivity contribution in [3.63, 3.8) is 0 Å². The normalized spacial score (nSPS) is 13.0. The minimum atomic E-state index is 0. The van der Waals surface area contributed by atoms with Gasteiger partial charge >= 0.3 is 0 Å². The van der Waals surface area contributed by atoms with Crippen LogP contribution in [0.1, 0.15) is 16.7 Å². The van der Waals surface area contributed by atoms with Gasteiger partial charge in [-0.3, -0.25) is 4.90 Å². The Hall–Kier alpha value is -1.19. The van der Waals surface area contributed by atoms with Crippen LogP contribution in [0.5, 0.6) is 5.75 Å². The lowest BCUT2D eigenvalue weighted by Gasteiger charge is -2.15. The van der Waals surface area contributed by atoms with Gasteiger partial charge in [-0.2, -0.15) is 0 Å². The Kier molecular flexibility index (Phi) is 7.00. The highest BCUT2D eigenvalue weighted by molar-refractivity contribution is 6.35. The van der Waals surface area contributed by atoms with Crippen LogP contribution in [-0.2, 0) is 13.0 Å². The molecule has 1 heterocycles. The Morgan fingerprint density at radius 1 is 1.17 bits per heavy atom. The van der Waals surface area contributed by atoms with Gasteiger partial charge in [0.05, 0.1) is 6.61 Å². The van der Waals surface area contributed by atoms with Gasteiger partial charge in [-0.1, -0.05) is 53.6 Å². The first-order valence-electron chi connectivity index (χ1n) is 7.66. The average Bonchev–Trinajstić information content (AvgIpc) is 2.97. The summed E-state index contributed by atoms with van der Waals surface area (Å²) in [6, 6.07) is 12.0. The maximum absolute atomic E-state index is 6.17. The van der Waals surface area contributed by atoms with Crippen LogP contribution in [0.25, 0.3) is 6.08 Å². The molecular formula is C19H20Cl3NO. The summed E-state index contributed by atoms with van der Waals surface area (Å²) < 4.78 is 5.55. The first-order valence-corrected chi connectivity index (χ1v) is 8.42. The van der Waals surface area contributed by atoms with Crippen molar-refractivity contribution in [2.24, 2.45) is 0 Å². The second kappa shape index (κ2) is 8.77. The molecule has 2 aromatic rings. The number of ether oxygens (including phenoxy) is 1. The third-order valence-electron chi connectivity index (χ3n) is 3.88. The molecule has 0 spiro atoms. The molecule has 0 bridgehead atoms. The maximum Gasteiger partial charge on any atom is 0.122 e. The highest BCUT2D eigenvalue weighted by Crippen LogP contribution is 2.26. The summed E-state index contributed by atoms with van der Waals surface area (Å²) >= 11 is 12.1. The number of halogens is 3. The monoisotopic (exact) mass is 383 g/mol. The minimum absolute atomic E-state index is 0. The predicted octanol–water partition coefficient (Wildman–Crippen LogP) is 5.50. The van der Waals surface area contributed by atoms with Crippen molar-refractivity contribution in [1.29, 1.82) is 0 Å². The van der Waals surface area contributed by atoms with E-state index in [1.807, 2.05) is 18.2 Å². The molecule has 0 atom stereocenters. The molecule has 24 heavy (non-hydrogen) atoms. The molecule has 1 aliphatic rings. The Morgan fingerprint density at radius 3 is 2.79 bits per heavy atom. The van der Waals surface area contributed by atoms with Gasteiger partial charge in [0.1, 0.15) is 5.75 Å². The van der Waals surface area contributed by atoms with E-state index in [1.54, 1.807) is 6.07 Å². The molecule has 3 rings (SSSR count). The van der Waals surface area contributed by atoms with Gasteiger partial charge in [-0.05, 0) is 41.9 Å². The molecule has 0 fully saturated rings. The Balaban J connectivity index is 0.00000208. The van der Waals surface area contributed by atoms with Gasteiger partial charge in [0.2, 0.25) is 0 Å². The van der Waals surface area contributed by atoms with Crippen LogP contribution in [0, 0.1) is 0 Å². The molecule has 128 valence electrons. The van der Waals surface area contributed by atoms with E-state index in [9.17, 15) is 0 Å². The summed E-state index contributed by atoms with van der Waals surface area (Å²) in [7, 11) is 2.11. The predicted molar refractivity (Wildman–Crippen MR) is 105 cm³/mol. The quantitative estimate of drug-likeness (QED) is 0.675. The number of nitrogens with zero attached hydrogens (tertiary/aromatic N) is 1. The summed E-state index contributed by atoms with van der Waals surface area (Å²) in [5.41, 5.74) is 3.62. The van der Waals surface area contributed by atoms with E-state index < -0.39 is 0 Å². The van der Waals surface area contributed by atoms with Crippen molar-refractivity contribution in [3.8, 4) is 5.75 Å². The van der Waals surface area contributed by atoms with Crippen molar-refractivity contribution in [1.82, 2.24) is 4.90 Å². The third kappa shape index (κ3) is 4.90. The molecule has 0 amide bonds. The van der Waals surface area contributed by atoms with Crippen LogP contribution in [0.3, 0.4) is 0 Å². The number of fused-ring (bicyclic) bond motifs is 1. The average molecular weight is 385 g/mol. The van der Waals surface area contributed by atoms with Gasteiger partial charge in [-0.15, -0.1) is 12.4 Å². The van der Waals surface area contributed by atoms with Crippen molar-refractivity contribution >= 4 is 41.7 Å². The number of hydrogen-bond donors (Lipinski definition) is 0. The van der Waals surface area contributed by atoms with E-state index >= 15 is 0 Å². The molecule has 5 heteroatoms. The van der Waals surface area contributed by atoms with E-state index in [1.165, 1.54) is 11.1 Å². The van der Waals surface area contributed by atoms with Gasteiger partial charge in [-0.25, -0.2) is 0 Å². The van der Waals surface area contributed by atoms with E-state index in [4.69, 9.17) is 27.9 Å². The highest BCUT2D eigenvalue weighted by atomic mass is 35.5. The minimum Gasteiger partial charge on any atom is -0.493 e. The summed E-state index contributed by atoms with van der Waals surface area (Å²) in [6.07, 6.45) is 5.17. The van der Waals surface area contributed by atoms with Crippen molar-refractivity contribution in [3.05, 3.63) is 69.2 Å². The topological polar surface area (TPSA) is 12.5 Å². The molecule has 0 saturated heterocycles. The first-order chi connectivity index (χ1) is 11.1. The molecule has 1 aliphatic heterocycles. The zero-order chi connectivity index (χ0) is 16.2. The highest BCUT2D eigenvalue weighted by Gasteiger charge is 2.12. The van der Waals surface area contributed by atoms with Crippen LogP contribution in [0.15, 0.2) is 42.5 Å². The van der Waals surface area contributed by atoms with Crippen molar-refractivity contribution in [2.45, 2.75) is 13.0 Å². The molecular weight excluding hydrogens is 365 g/mol. The van der Waals surface area contributed by atoms with Gasteiger partial charge in [0.25, 0.3) is 0 Å². The van der Waals surface area contributed by atoms with Gasteiger partial charge in [0, 0.05) is 29.6 Å². The number of likely N-dealkylation sites (N-methyl/N-ethyl adjacent to an activating group) is 1. The first kappa shape index (κ1) is 19.1. The third-order valence-corrected chi connectivity index (χ3v) is 4.45. The Bertz CT molecular complexity index is 731. The van der Waals surface area contributed by atoms with E-state index in [2.05, 4.69) is 36.2 Å². The summed E-state index contributed by atoms with van der Waals surface area (Å²) in [4.78, 5) is 2.26. The standard InChI is InChI=1S/C19H19Cl2NO.ClH/c1-22(9-2-3-15-5-6-17(20)12-18(15)21)13-14-4-7-19-16(11-14)8-10-23-19;/h2-7,11-12H,8-10,13H2,1H3;1H/b3-2+;. The molecule has 0 aromatic heterocycles. The molecule has 0 aliphatic carbocycles. The fraction of sp³-hybridized carbons (Fsp3) is 0.263. The lowest BCUT2D eigenvalue weighted by atomic mass is 10.1. The number of hydrogen-bond acceptors (Lipinski definition) is 2. The van der Waals surface area contributed by atoms with Crippen LogP contribution in [0.2, 0.25) is 10.0 Å². The van der Waals surface area contributed by atoms with Gasteiger partial charge < -0.3 is 4.74 Å². The second-order valence-electron chi connectivity index (χ2n) is 5.81. The zero-order valence-electron chi connectivity index (χ0n) is 13.5. The Labute approximate surface area is 159 Å². The Morgan fingerprint density at radius 2 is 2.00 bits per heavy atom. The lowest BCUT2D eigenvalue weighted by molar-refractivity contribution is 0.356. The molecule has 2 aromatic carbocycles. The molecule has 0 radical (unpaired) electrons. The number of benzene rings is 2. The fourth-order valence-electron chi connectivity index (χ4n) is 2.71. The largest absolute Gasteiger partial charge is 0.493 e. The summed E-state index contributed by atoms with van der Waals surface area (Å²) in [5, 5.41) is 1.33. The number of rotatable bonds is 5. The molecule has 0 unspecified atom stereocenters. The van der Waals surface area contributed by atoms with E-state index in [-0.39, 0.29) is 12.4 Å².